The standard InChI is InChI=1S/C19H21F2N3O2/c1-13(19(26)22-18-16(20)3-2-4-17(18)21)23-9-11-24(12-10-23)14-5-7-15(25)8-6-14/h2-8,13,25H,9-12H2,1H3,(H,22,26)/t13-/m0/s1. The number of benzene rings is 2. The first-order chi connectivity index (χ1) is 12.5. The Morgan fingerprint density at radius 1 is 1.04 bits per heavy atom. The van der Waals surface area contributed by atoms with Gasteiger partial charge in [0.2, 0.25) is 5.91 Å². The Hall–Kier alpha value is -2.67. The average molecular weight is 361 g/mol. The predicted octanol–water partition coefficient (Wildman–Crippen LogP) is 2.82. The summed E-state index contributed by atoms with van der Waals surface area (Å²) in [4.78, 5) is 16.5. The quantitative estimate of drug-likeness (QED) is 0.879. The number of piperazine rings is 1. The zero-order valence-electron chi connectivity index (χ0n) is 14.5. The number of halogens is 2. The summed E-state index contributed by atoms with van der Waals surface area (Å²) in [6, 6.07) is 9.95. The van der Waals surface area contributed by atoms with Crippen molar-refractivity contribution in [1.29, 1.82) is 0 Å². The average Bonchev–Trinajstić information content (AvgIpc) is 2.65. The van der Waals surface area contributed by atoms with Crippen LogP contribution in [0.4, 0.5) is 20.2 Å². The molecule has 0 aliphatic carbocycles. The minimum atomic E-state index is -0.789. The molecule has 1 heterocycles. The molecule has 0 unspecified atom stereocenters. The molecule has 26 heavy (non-hydrogen) atoms. The number of para-hydroxylation sites is 1. The van der Waals surface area contributed by atoms with Crippen LogP contribution in [0, 0.1) is 11.6 Å². The second-order valence-electron chi connectivity index (χ2n) is 6.30. The van der Waals surface area contributed by atoms with Gasteiger partial charge in [-0.15, -0.1) is 0 Å². The molecule has 1 saturated heterocycles. The van der Waals surface area contributed by atoms with Crippen LogP contribution in [-0.4, -0.2) is 48.1 Å². The Morgan fingerprint density at radius 2 is 1.62 bits per heavy atom. The fourth-order valence-corrected chi connectivity index (χ4v) is 3.04. The first-order valence-corrected chi connectivity index (χ1v) is 8.48. The highest BCUT2D eigenvalue weighted by Gasteiger charge is 2.26. The van der Waals surface area contributed by atoms with Crippen molar-refractivity contribution in [1.82, 2.24) is 4.90 Å². The Kier molecular flexibility index (Phi) is 5.37. The smallest absolute Gasteiger partial charge is 0.241 e. The molecular formula is C19H21F2N3O2. The summed E-state index contributed by atoms with van der Waals surface area (Å²) >= 11 is 0. The molecule has 1 aliphatic heterocycles. The van der Waals surface area contributed by atoms with E-state index in [1.807, 2.05) is 17.0 Å². The fourth-order valence-electron chi connectivity index (χ4n) is 3.04. The van der Waals surface area contributed by atoms with Crippen LogP contribution in [0.5, 0.6) is 5.75 Å². The number of carbonyl (C=O) groups excluding carboxylic acids is 1. The third-order valence-electron chi connectivity index (χ3n) is 4.67. The molecule has 1 aliphatic rings. The highest BCUT2D eigenvalue weighted by atomic mass is 19.1. The maximum absolute atomic E-state index is 13.7. The molecule has 5 nitrogen and oxygen atoms in total. The highest BCUT2D eigenvalue weighted by molar-refractivity contribution is 5.94. The van der Waals surface area contributed by atoms with Gasteiger partial charge in [-0.25, -0.2) is 8.78 Å². The van der Waals surface area contributed by atoms with Crippen LogP contribution in [0.15, 0.2) is 42.5 Å². The minimum absolute atomic E-state index is 0.220. The Labute approximate surface area is 150 Å². The maximum Gasteiger partial charge on any atom is 0.241 e. The number of phenols is 1. The van der Waals surface area contributed by atoms with Crippen molar-refractivity contribution in [2.75, 3.05) is 36.4 Å². The minimum Gasteiger partial charge on any atom is -0.508 e. The molecule has 1 fully saturated rings. The number of hydrogen-bond acceptors (Lipinski definition) is 4. The van der Waals surface area contributed by atoms with Crippen molar-refractivity contribution in [3.8, 4) is 5.75 Å². The summed E-state index contributed by atoms with van der Waals surface area (Å²) < 4.78 is 27.4. The lowest BCUT2D eigenvalue weighted by Crippen LogP contribution is -2.52. The number of anilines is 2. The van der Waals surface area contributed by atoms with Gasteiger partial charge in [-0.2, -0.15) is 0 Å². The van der Waals surface area contributed by atoms with Crippen molar-refractivity contribution >= 4 is 17.3 Å². The van der Waals surface area contributed by atoms with Crippen molar-refractivity contribution in [2.24, 2.45) is 0 Å². The zero-order valence-corrected chi connectivity index (χ0v) is 14.5. The third-order valence-corrected chi connectivity index (χ3v) is 4.67. The molecular weight excluding hydrogens is 340 g/mol. The molecule has 7 heteroatoms. The Morgan fingerprint density at radius 3 is 2.19 bits per heavy atom. The van der Waals surface area contributed by atoms with E-state index in [4.69, 9.17) is 0 Å². The molecule has 0 bridgehead atoms. The number of nitrogens with one attached hydrogen (secondary N) is 1. The number of phenolic OH excluding ortho intramolecular Hbond substituents is 1. The Balaban J connectivity index is 1.58. The van der Waals surface area contributed by atoms with E-state index in [2.05, 4.69) is 10.2 Å². The first kappa shape index (κ1) is 18.1. The molecule has 0 spiro atoms. The summed E-state index contributed by atoms with van der Waals surface area (Å²) in [5, 5.41) is 11.7. The van der Waals surface area contributed by atoms with Crippen LogP contribution in [0.3, 0.4) is 0 Å². The van der Waals surface area contributed by atoms with Gasteiger partial charge in [0.25, 0.3) is 0 Å². The third kappa shape index (κ3) is 3.94. The van der Waals surface area contributed by atoms with E-state index < -0.39 is 29.3 Å². The number of carbonyl (C=O) groups is 1. The van der Waals surface area contributed by atoms with Crippen LogP contribution in [0.1, 0.15) is 6.92 Å². The predicted molar refractivity (Wildman–Crippen MR) is 96.3 cm³/mol. The second-order valence-corrected chi connectivity index (χ2v) is 6.30. The van der Waals surface area contributed by atoms with Gasteiger partial charge in [0.15, 0.2) is 0 Å². The first-order valence-electron chi connectivity index (χ1n) is 8.48. The van der Waals surface area contributed by atoms with Gasteiger partial charge >= 0.3 is 0 Å². The SMILES string of the molecule is C[C@@H](C(=O)Nc1c(F)cccc1F)N1CCN(c2ccc(O)cc2)CC1. The van der Waals surface area contributed by atoms with E-state index in [0.29, 0.717) is 13.1 Å². The van der Waals surface area contributed by atoms with E-state index >= 15 is 0 Å². The summed E-state index contributed by atoms with van der Waals surface area (Å²) in [6.45, 7) is 4.46. The summed E-state index contributed by atoms with van der Waals surface area (Å²) in [6.07, 6.45) is 0. The van der Waals surface area contributed by atoms with E-state index in [9.17, 15) is 18.7 Å². The van der Waals surface area contributed by atoms with Crippen molar-refractivity contribution in [3.63, 3.8) is 0 Å². The van der Waals surface area contributed by atoms with Crippen LogP contribution in [0.2, 0.25) is 0 Å². The lowest BCUT2D eigenvalue weighted by atomic mass is 10.2. The number of aromatic hydroxyl groups is 1. The second kappa shape index (κ2) is 7.70. The largest absolute Gasteiger partial charge is 0.508 e. The van der Waals surface area contributed by atoms with Crippen LogP contribution >= 0.6 is 0 Å². The number of hydrogen-bond donors (Lipinski definition) is 2. The van der Waals surface area contributed by atoms with E-state index in [-0.39, 0.29) is 5.75 Å². The topological polar surface area (TPSA) is 55.8 Å². The zero-order chi connectivity index (χ0) is 18.7. The lowest BCUT2D eigenvalue weighted by Gasteiger charge is -2.38. The van der Waals surface area contributed by atoms with Gasteiger partial charge in [-0.05, 0) is 43.3 Å². The molecule has 1 atom stereocenters. The van der Waals surface area contributed by atoms with Gasteiger partial charge in [0, 0.05) is 31.9 Å². The van der Waals surface area contributed by atoms with Gasteiger partial charge < -0.3 is 15.3 Å². The highest BCUT2D eigenvalue weighted by Crippen LogP contribution is 2.22. The molecule has 2 aromatic rings. The van der Waals surface area contributed by atoms with Crippen LogP contribution in [0.25, 0.3) is 0 Å². The molecule has 2 aromatic carbocycles. The van der Waals surface area contributed by atoms with E-state index in [0.717, 1.165) is 30.9 Å². The number of nitrogens with zero attached hydrogens (tertiary/aromatic N) is 2. The van der Waals surface area contributed by atoms with Gasteiger partial charge in [0.05, 0.1) is 6.04 Å². The van der Waals surface area contributed by atoms with E-state index in [1.165, 1.54) is 6.07 Å². The number of rotatable bonds is 4. The van der Waals surface area contributed by atoms with Crippen molar-refractivity contribution in [2.45, 2.75) is 13.0 Å². The summed E-state index contributed by atoms with van der Waals surface area (Å²) in [7, 11) is 0. The molecule has 0 aromatic heterocycles. The van der Waals surface area contributed by atoms with Crippen LogP contribution in [-0.2, 0) is 4.79 Å². The molecule has 2 N–H and O–H groups in total. The normalized spacial score (nSPS) is 16.3. The van der Waals surface area contributed by atoms with E-state index in [1.54, 1.807) is 19.1 Å². The van der Waals surface area contributed by atoms with Crippen molar-refractivity contribution < 1.29 is 18.7 Å². The fraction of sp³-hybridized carbons (Fsp3) is 0.316. The van der Waals surface area contributed by atoms with Gasteiger partial charge in [-0.1, -0.05) is 6.07 Å². The molecule has 1 amide bonds. The molecule has 0 saturated carbocycles. The maximum atomic E-state index is 13.7. The number of amides is 1. The molecule has 0 radical (unpaired) electrons. The van der Waals surface area contributed by atoms with Gasteiger partial charge in [-0.3, -0.25) is 9.69 Å². The summed E-state index contributed by atoms with van der Waals surface area (Å²) in [5.41, 5.74) is 0.597. The lowest BCUT2D eigenvalue weighted by molar-refractivity contribution is -0.120. The molecule has 3 rings (SSSR count). The Bertz CT molecular complexity index is 755. The molecule has 138 valence electrons. The van der Waals surface area contributed by atoms with Gasteiger partial charge in [0.1, 0.15) is 23.1 Å². The van der Waals surface area contributed by atoms with Crippen LogP contribution < -0.4 is 10.2 Å². The monoisotopic (exact) mass is 361 g/mol. The summed E-state index contributed by atoms with van der Waals surface area (Å²) in [5.74, 6) is -1.80. The van der Waals surface area contributed by atoms with Crippen molar-refractivity contribution in [3.05, 3.63) is 54.1 Å².